The van der Waals surface area contributed by atoms with E-state index in [0.717, 1.165) is 65.2 Å². The molecule has 4 rings (SSSR count). The lowest BCUT2D eigenvalue weighted by Crippen LogP contribution is -2.49. The number of H-pyrrole nitrogens is 1. The quantitative estimate of drug-likeness (QED) is 0.772. The van der Waals surface area contributed by atoms with E-state index in [4.69, 9.17) is 5.73 Å². The Bertz CT molecular complexity index is 846. The molecule has 1 saturated carbocycles. The molecule has 3 heterocycles. The highest BCUT2D eigenvalue weighted by Gasteiger charge is 2.26. The van der Waals surface area contributed by atoms with Crippen LogP contribution in [0.5, 0.6) is 0 Å². The summed E-state index contributed by atoms with van der Waals surface area (Å²) in [4.78, 5) is 23.3. The number of hydrogen-bond acceptors (Lipinski definition) is 5. The fourth-order valence-electron chi connectivity index (χ4n) is 3.83. The molecule has 138 valence electrons. The topological polar surface area (TPSA) is 87.0 Å². The van der Waals surface area contributed by atoms with Crippen LogP contribution in [0, 0.1) is 6.92 Å². The van der Waals surface area contributed by atoms with Crippen molar-refractivity contribution in [2.45, 2.75) is 44.7 Å². The average Bonchev–Trinajstić information content (AvgIpc) is 3.05. The van der Waals surface area contributed by atoms with Gasteiger partial charge in [0.1, 0.15) is 5.65 Å². The smallest absolute Gasteiger partial charge is 0.259 e. The third kappa shape index (κ3) is 3.33. The average molecular weight is 372 g/mol. The first-order valence-electron chi connectivity index (χ1n) is 9.24. The summed E-state index contributed by atoms with van der Waals surface area (Å²) in [6.45, 7) is 2.94. The minimum atomic E-state index is -0.00172. The van der Waals surface area contributed by atoms with Gasteiger partial charge < -0.3 is 20.9 Å². The molecule has 0 bridgehead atoms. The van der Waals surface area contributed by atoms with Gasteiger partial charge in [0.15, 0.2) is 0 Å². The number of pyridine rings is 1. The molecule has 2 aromatic heterocycles. The number of carbonyl (C=O) groups excluding carboxylic acids is 1. The predicted octanol–water partition coefficient (Wildman–Crippen LogP) is 2.65. The second kappa shape index (κ2) is 7.32. The van der Waals surface area contributed by atoms with Crippen LogP contribution in [0.4, 0.5) is 5.69 Å². The predicted molar refractivity (Wildman–Crippen MR) is 107 cm³/mol. The van der Waals surface area contributed by atoms with Crippen molar-refractivity contribution in [1.29, 1.82) is 0 Å². The Labute approximate surface area is 157 Å². The fourth-order valence-corrected chi connectivity index (χ4v) is 4.73. The van der Waals surface area contributed by atoms with Crippen molar-refractivity contribution in [3.63, 3.8) is 0 Å². The maximum absolute atomic E-state index is 12.8. The molecule has 4 N–H and O–H groups in total. The third-order valence-electron chi connectivity index (χ3n) is 5.28. The van der Waals surface area contributed by atoms with Gasteiger partial charge in [0.2, 0.25) is 0 Å². The number of anilines is 1. The second-order valence-corrected chi connectivity index (χ2v) is 8.23. The van der Waals surface area contributed by atoms with E-state index in [1.54, 1.807) is 11.8 Å². The van der Waals surface area contributed by atoms with E-state index in [2.05, 4.69) is 27.1 Å². The Hall–Kier alpha value is -1.99. The number of fused-ring (bicyclic) bond motifs is 1. The van der Waals surface area contributed by atoms with Gasteiger partial charge in [0, 0.05) is 48.4 Å². The SMILES string of the molecule is Cc1c[nH]c2nccc(N3C=C(C(=O)N[C@@H]4CCCC[C@H]4N)SCC3)c12. The molecule has 2 aromatic rings. The van der Waals surface area contributed by atoms with E-state index in [1.165, 1.54) is 0 Å². The second-order valence-electron chi connectivity index (χ2n) is 7.09. The summed E-state index contributed by atoms with van der Waals surface area (Å²) < 4.78 is 0. The number of aromatic amines is 1. The monoisotopic (exact) mass is 371 g/mol. The number of nitrogens with one attached hydrogen (secondary N) is 2. The number of hydrogen-bond donors (Lipinski definition) is 3. The highest BCUT2D eigenvalue weighted by Crippen LogP contribution is 2.32. The number of nitrogens with two attached hydrogens (primary N) is 1. The van der Waals surface area contributed by atoms with Crippen molar-refractivity contribution in [2.24, 2.45) is 5.73 Å². The summed E-state index contributed by atoms with van der Waals surface area (Å²) in [5.41, 5.74) is 9.31. The van der Waals surface area contributed by atoms with Crippen molar-refractivity contribution < 1.29 is 4.79 Å². The normalized spacial score (nSPS) is 23.8. The number of thioether (sulfide) groups is 1. The van der Waals surface area contributed by atoms with Gasteiger partial charge in [0.05, 0.1) is 10.6 Å². The summed E-state index contributed by atoms with van der Waals surface area (Å²) in [5, 5.41) is 4.27. The molecule has 7 heteroatoms. The molecule has 0 unspecified atom stereocenters. The summed E-state index contributed by atoms with van der Waals surface area (Å²) in [6.07, 6.45) is 10.0. The van der Waals surface area contributed by atoms with Crippen LogP contribution in [0.15, 0.2) is 29.6 Å². The molecule has 0 aromatic carbocycles. The van der Waals surface area contributed by atoms with Gasteiger partial charge in [-0.1, -0.05) is 12.8 Å². The molecule has 1 aliphatic carbocycles. The molecule has 0 saturated heterocycles. The van der Waals surface area contributed by atoms with Crippen molar-refractivity contribution >= 4 is 34.4 Å². The van der Waals surface area contributed by atoms with Crippen LogP contribution in [-0.2, 0) is 4.79 Å². The number of aryl methyl sites for hydroxylation is 1. The molecule has 1 amide bonds. The van der Waals surface area contributed by atoms with Crippen LogP contribution >= 0.6 is 11.8 Å². The Morgan fingerprint density at radius 1 is 1.42 bits per heavy atom. The standard InChI is InChI=1S/C19H25N5OS/c1-12-10-22-18-17(12)15(6-7-21-18)24-8-9-26-16(11-24)19(25)23-14-5-3-2-4-13(14)20/h6-7,10-11,13-14H,2-5,8-9,20H2,1H3,(H,21,22)(H,23,25)/t13-,14-/m1/s1. The van der Waals surface area contributed by atoms with Gasteiger partial charge in [-0.05, 0) is 31.4 Å². The van der Waals surface area contributed by atoms with Gasteiger partial charge in [-0.15, -0.1) is 11.8 Å². The molecule has 2 atom stereocenters. The first kappa shape index (κ1) is 17.4. The Balaban J connectivity index is 1.57. The van der Waals surface area contributed by atoms with Gasteiger partial charge in [-0.2, -0.15) is 0 Å². The van der Waals surface area contributed by atoms with E-state index < -0.39 is 0 Å². The Morgan fingerprint density at radius 3 is 3.12 bits per heavy atom. The fraction of sp³-hybridized carbons (Fsp3) is 0.474. The van der Waals surface area contributed by atoms with Crippen LogP contribution < -0.4 is 16.0 Å². The van der Waals surface area contributed by atoms with E-state index in [-0.39, 0.29) is 18.0 Å². The lowest BCUT2D eigenvalue weighted by atomic mass is 9.91. The molecule has 0 spiro atoms. The molecular formula is C19H25N5OS. The molecular weight excluding hydrogens is 346 g/mol. The zero-order valence-corrected chi connectivity index (χ0v) is 15.8. The van der Waals surface area contributed by atoms with Crippen LogP contribution in [0.1, 0.15) is 31.2 Å². The first-order chi connectivity index (χ1) is 12.6. The molecule has 26 heavy (non-hydrogen) atoms. The van der Waals surface area contributed by atoms with Crippen molar-refractivity contribution in [3.05, 3.63) is 35.1 Å². The van der Waals surface area contributed by atoms with Crippen LogP contribution in [-0.4, -0.2) is 40.3 Å². The maximum Gasteiger partial charge on any atom is 0.259 e. The zero-order chi connectivity index (χ0) is 18.1. The molecule has 1 aliphatic heterocycles. The maximum atomic E-state index is 12.8. The summed E-state index contributed by atoms with van der Waals surface area (Å²) >= 11 is 1.61. The number of nitrogens with zero attached hydrogens (tertiary/aromatic N) is 2. The van der Waals surface area contributed by atoms with Crippen LogP contribution in [0.25, 0.3) is 11.0 Å². The summed E-state index contributed by atoms with van der Waals surface area (Å²) in [7, 11) is 0. The number of aromatic nitrogens is 2. The minimum Gasteiger partial charge on any atom is -0.347 e. The van der Waals surface area contributed by atoms with Crippen molar-refractivity contribution in [2.75, 3.05) is 17.2 Å². The van der Waals surface area contributed by atoms with Crippen LogP contribution in [0.3, 0.4) is 0 Å². The van der Waals surface area contributed by atoms with E-state index >= 15 is 0 Å². The highest BCUT2D eigenvalue weighted by atomic mass is 32.2. The summed E-state index contributed by atoms with van der Waals surface area (Å²) in [5.74, 6) is 0.877. The largest absolute Gasteiger partial charge is 0.347 e. The highest BCUT2D eigenvalue weighted by molar-refractivity contribution is 8.04. The van der Waals surface area contributed by atoms with E-state index in [0.29, 0.717) is 0 Å². The van der Waals surface area contributed by atoms with Crippen LogP contribution in [0.2, 0.25) is 0 Å². The van der Waals surface area contributed by atoms with Crippen molar-refractivity contribution in [1.82, 2.24) is 15.3 Å². The number of carbonyl (C=O) groups is 1. The van der Waals surface area contributed by atoms with E-state index in [1.807, 2.05) is 24.7 Å². The Morgan fingerprint density at radius 2 is 2.27 bits per heavy atom. The lowest BCUT2D eigenvalue weighted by molar-refractivity contribution is -0.117. The summed E-state index contributed by atoms with van der Waals surface area (Å²) in [6, 6.07) is 2.18. The molecule has 6 nitrogen and oxygen atoms in total. The number of rotatable bonds is 3. The van der Waals surface area contributed by atoms with Gasteiger partial charge in [-0.3, -0.25) is 4.79 Å². The van der Waals surface area contributed by atoms with Gasteiger partial charge in [-0.25, -0.2) is 4.98 Å². The molecule has 1 fully saturated rings. The van der Waals surface area contributed by atoms with Crippen molar-refractivity contribution in [3.8, 4) is 0 Å². The zero-order valence-electron chi connectivity index (χ0n) is 15.0. The first-order valence-corrected chi connectivity index (χ1v) is 10.2. The molecule has 0 radical (unpaired) electrons. The number of amides is 1. The van der Waals surface area contributed by atoms with Gasteiger partial charge >= 0.3 is 0 Å². The minimum absolute atomic E-state index is 0.00172. The lowest BCUT2D eigenvalue weighted by Gasteiger charge is -2.31. The van der Waals surface area contributed by atoms with Gasteiger partial charge in [0.25, 0.3) is 5.91 Å². The Kier molecular flexibility index (Phi) is 4.91. The molecule has 2 aliphatic rings. The third-order valence-corrected chi connectivity index (χ3v) is 6.27. The van der Waals surface area contributed by atoms with E-state index in [9.17, 15) is 4.79 Å².